The molecule has 0 aromatic heterocycles. The molecule has 4 aromatic rings. The zero-order valence-corrected chi connectivity index (χ0v) is 20.9. The van der Waals surface area contributed by atoms with E-state index in [9.17, 15) is 19.2 Å². The van der Waals surface area contributed by atoms with E-state index in [0.717, 1.165) is 17.5 Å². The summed E-state index contributed by atoms with van der Waals surface area (Å²) in [6.07, 6.45) is 5.52. The quantitative estimate of drug-likeness (QED) is 0.258. The lowest BCUT2D eigenvalue weighted by molar-refractivity contribution is 0.0979. The highest BCUT2D eigenvalue weighted by Crippen LogP contribution is 2.58. The number of carbonyl (C=O) groups is 4. The molecule has 1 saturated carbocycles. The molecule has 0 aliphatic heterocycles. The molecule has 4 unspecified atom stereocenters. The predicted molar refractivity (Wildman–Crippen MR) is 146 cm³/mol. The number of rotatable bonds is 2. The fourth-order valence-corrected chi connectivity index (χ4v) is 7.38. The Hall–Kier alpha value is -4.70. The van der Waals surface area contributed by atoms with Crippen LogP contribution in [-0.2, 0) is 0 Å². The number of hydrogen-bond donors (Lipinski definition) is 0. The summed E-state index contributed by atoms with van der Waals surface area (Å²) in [6.45, 7) is 0. The molecule has 0 radical (unpaired) electrons. The van der Waals surface area contributed by atoms with Crippen molar-refractivity contribution in [3.8, 4) is 0 Å². The molecule has 2 bridgehead atoms. The van der Waals surface area contributed by atoms with E-state index in [4.69, 9.17) is 0 Å². The highest BCUT2D eigenvalue weighted by molar-refractivity contribution is 6.29. The van der Waals surface area contributed by atoms with Crippen molar-refractivity contribution in [2.45, 2.75) is 18.3 Å². The fraction of sp³-hybridized carbons (Fsp3) is 0.143. The molecule has 4 heteroatoms. The topological polar surface area (TPSA) is 68.3 Å². The molecule has 4 aliphatic rings. The van der Waals surface area contributed by atoms with Crippen molar-refractivity contribution >= 4 is 23.1 Å². The molecule has 4 atom stereocenters. The first kappa shape index (κ1) is 22.3. The molecular formula is C35H22O4. The first-order valence-electron chi connectivity index (χ1n) is 13.3. The van der Waals surface area contributed by atoms with Gasteiger partial charge < -0.3 is 0 Å². The van der Waals surface area contributed by atoms with Crippen LogP contribution >= 0.6 is 0 Å². The number of carbonyl (C=O) groups excluding carboxylic acids is 4. The number of fused-ring (bicyclic) bond motifs is 6. The van der Waals surface area contributed by atoms with E-state index >= 15 is 0 Å². The van der Waals surface area contributed by atoms with E-state index in [2.05, 4.69) is 12.2 Å². The smallest absolute Gasteiger partial charge is 0.194 e. The lowest BCUT2D eigenvalue weighted by atomic mass is 9.72. The second-order valence-electron chi connectivity index (χ2n) is 11.0. The summed E-state index contributed by atoms with van der Waals surface area (Å²) in [4.78, 5) is 53.2. The van der Waals surface area contributed by atoms with Gasteiger partial charge in [0.15, 0.2) is 23.1 Å². The van der Waals surface area contributed by atoms with Crippen LogP contribution in [0.3, 0.4) is 0 Å². The number of hydrogen-bond acceptors (Lipinski definition) is 4. The second kappa shape index (κ2) is 7.90. The molecule has 0 N–H and O–H groups in total. The molecule has 4 aromatic carbocycles. The first-order valence-corrected chi connectivity index (χ1v) is 13.3. The molecule has 0 saturated heterocycles. The van der Waals surface area contributed by atoms with E-state index in [0.29, 0.717) is 56.3 Å². The summed E-state index contributed by atoms with van der Waals surface area (Å²) in [6, 6.07) is 25.4. The van der Waals surface area contributed by atoms with Gasteiger partial charge >= 0.3 is 0 Å². The summed E-state index contributed by atoms with van der Waals surface area (Å²) < 4.78 is 0. The molecule has 186 valence electrons. The maximum Gasteiger partial charge on any atom is 0.194 e. The van der Waals surface area contributed by atoms with E-state index < -0.39 is 0 Å². The minimum absolute atomic E-state index is 0.102. The fourth-order valence-electron chi connectivity index (χ4n) is 7.38. The molecule has 0 heterocycles. The number of allylic oxidation sites excluding steroid dienone is 2. The van der Waals surface area contributed by atoms with E-state index in [-0.39, 0.29) is 35.0 Å². The average Bonchev–Trinajstić information content (AvgIpc) is 3.60. The number of ketones is 4. The number of benzene rings is 4. The van der Waals surface area contributed by atoms with Crippen LogP contribution in [0, 0.1) is 11.8 Å². The third-order valence-electron chi connectivity index (χ3n) is 9.13. The van der Waals surface area contributed by atoms with Gasteiger partial charge in [0.1, 0.15) is 0 Å². The van der Waals surface area contributed by atoms with Crippen LogP contribution in [0.5, 0.6) is 0 Å². The van der Waals surface area contributed by atoms with Gasteiger partial charge in [-0.05, 0) is 53.4 Å². The highest BCUT2D eigenvalue weighted by atomic mass is 16.1. The first-order chi connectivity index (χ1) is 19.0. The van der Waals surface area contributed by atoms with Crippen LogP contribution < -0.4 is 0 Å². The van der Waals surface area contributed by atoms with E-state index in [1.54, 1.807) is 60.7 Å². The lowest BCUT2D eigenvalue weighted by Gasteiger charge is -2.31. The zero-order chi connectivity index (χ0) is 26.4. The molecule has 39 heavy (non-hydrogen) atoms. The zero-order valence-electron chi connectivity index (χ0n) is 20.9. The van der Waals surface area contributed by atoms with Crippen LogP contribution in [0.1, 0.15) is 93.1 Å². The van der Waals surface area contributed by atoms with Gasteiger partial charge in [0, 0.05) is 44.5 Å². The van der Waals surface area contributed by atoms with Crippen LogP contribution in [0.25, 0.3) is 0 Å². The SMILES string of the molecule is O=C1c2ccccc2C(=O)c2cc(C3C4C=CC(C4)C3c3ccc4c(c3)C(=O)c3ccccc3C4=O)ccc21. The van der Waals surface area contributed by atoms with Crippen LogP contribution in [-0.4, -0.2) is 23.1 Å². The van der Waals surface area contributed by atoms with Crippen molar-refractivity contribution in [1.29, 1.82) is 0 Å². The molecule has 0 spiro atoms. The van der Waals surface area contributed by atoms with Gasteiger partial charge in [-0.2, -0.15) is 0 Å². The van der Waals surface area contributed by atoms with Crippen molar-refractivity contribution in [3.05, 3.63) is 153 Å². The largest absolute Gasteiger partial charge is 0.289 e. The third-order valence-corrected chi connectivity index (χ3v) is 9.13. The maximum absolute atomic E-state index is 13.4. The van der Waals surface area contributed by atoms with Gasteiger partial charge in [-0.15, -0.1) is 0 Å². The molecule has 8 rings (SSSR count). The van der Waals surface area contributed by atoms with Crippen molar-refractivity contribution < 1.29 is 19.2 Å². The lowest BCUT2D eigenvalue weighted by Crippen LogP contribution is -2.23. The summed E-state index contributed by atoms with van der Waals surface area (Å²) in [5, 5.41) is 0. The monoisotopic (exact) mass is 506 g/mol. The Labute approximate surface area is 225 Å². The summed E-state index contributed by atoms with van der Waals surface area (Å²) >= 11 is 0. The van der Waals surface area contributed by atoms with E-state index in [1.807, 2.05) is 24.3 Å². The minimum Gasteiger partial charge on any atom is -0.289 e. The van der Waals surface area contributed by atoms with Gasteiger partial charge in [0.25, 0.3) is 0 Å². The van der Waals surface area contributed by atoms with Gasteiger partial charge in [-0.3, -0.25) is 19.2 Å². The Kier molecular flexibility index (Phi) is 4.52. The molecule has 0 amide bonds. The Morgan fingerprint density at radius 3 is 1.13 bits per heavy atom. The predicted octanol–water partition coefficient (Wildman–Crippen LogP) is 6.31. The summed E-state index contributed by atoms with van der Waals surface area (Å²) in [5.41, 5.74) is 5.71. The molecular weight excluding hydrogens is 484 g/mol. The van der Waals surface area contributed by atoms with Gasteiger partial charge in [-0.1, -0.05) is 84.9 Å². The summed E-state index contributed by atoms with van der Waals surface area (Å²) in [5.74, 6) is 0.337. The second-order valence-corrected chi connectivity index (χ2v) is 11.0. The van der Waals surface area contributed by atoms with Gasteiger partial charge in [-0.25, -0.2) is 0 Å². The molecule has 4 aliphatic carbocycles. The van der Waals surface area contributed by atoms with Gasteiger partial charge in [0.2, 0.25) is 0 Å². The van der Waals surface area contributed by atoms with Crippen LogP contribution in [0.2, 0.25) is 0 Å². The van der Waals surface area contributed by atoms with Crippen molar-refractivity contribution in [2.75, 3.05) is 0 Å². The summed E-state index contributed by atoms with van der Waals surface area (Å²) in [7, 11) is 0. The van der Waals surface area contributed by atoms with Crippen molar-refractivity contribution in [3.63, 3.8) is 0 Å². The Morgan fingerprint density at radius 2 is 0.744 bits per heavy atom. The molecule has 4 nitrogen and oxygen atoms in total. The van der Waals surface area contributed by atoms with Gasteiger partial charge in [0.05, 0.1) is 0 Å². The standard InChI is InChI=1S/C35H22O4/c36-32-22-5-1-3-7-24(22)34(38)28-16-20(11-13-26(28)32)30-18-9-10-19(15-18)31(30)21-12-14-27-29(17-21)35(39)25-8-4-2-6-23(25)33(27)37/h1-14,16-19,30-31H,15H2. The normalized spacial score (nSPS) is 23.9. The Bertz CT molecular complexity index is 1710. The Balaban J connectivity index is 1.22. The Morgan fingerprint density at radius 1 is 0.410 bits per heavy atom. The maximum atomic E-state index is 13.4. The molecule has 1 fully saturated rings. The average molecular weight is 507 g/mol. The minimum atomic E-state index is -0.117. The van der Waals surface area contributed by atoms with E-state index in [1.165, 1.54) is 0 Å². The van der Waals surface area contributed by atoms with Crippen LogP contribution in [0.4, 0.5) is 0 Å². The highest BCUT2D eigenvalue weighted by Gasteiger charge is 2.47. The third kappa shape index (κ3) is 3.00. The van der Waals surface area contributed by atoms with Crippen molar-refractivity contribution in [1.82, 2.24) is 0 Å². The van der Waals surface area contributed by atoms with Crippen molar-refractivity contribution in [2.24, 2.45) is 11.8 Å². The van der Waals surface area contributed by atoms with Crippen LogP contribution in [0.15, 0.2) is 97.1 Å².